The number of anilines is 1. The highest BCUT2D eigenvalue weighted by atomic mass is 16.5. The zero-order valence-corrected chi connectivity index (χ0v) is 22.8. The molecular formula is C34H30N2O5. The Bertz CT molecular complexity index is 1540. The maximum absolute atomic E-state index is 13.2. The lowest BCUT2D eigenvalue weighted by atomic mass is 10.1. The molecule has 0 heterocycles. The predicted molar refractivity (Wildman–Crippen MR) is 161 cm³/mol. The van der Waals surface area contributed by atoms with Crippen LogP contribution >= 0.6 is 0 Å². The van der Waals surface area contributed by atoms with E-state index < -0.39 is 11.8 Å². The zero-order valence-electron chi connectivity index (χ0n) is 22.8. The van der Waals surface area contributed by atoms with Gasteiger partial charge in [0.05, 0.1) is 13.7 Å². The summed E-state index contributed by atoms with van der Waals surface area (Å²) in [5, 5.41) is 5.50. The van der Waals surface area contributed by atoms with Gasteiger partial charge in [-0.1, -0.05) is 48.5 Å². The quantitative estimate of drug-likeness (QED) is 0.168. The number of rotatable bonds is 11. The average molecular weight is 547 g/mol. The number of ketones is 1. The van der Waals surface area contributed by atoms with Crippen LogP contribution in [0.2, 0.25) is 0 Å². The minimum Gasteiger partial charge on any atom is -0.497 e. The largest absolute Gasteiger partial charge is 0.497 e. The van der Waals surface area contributed by atoms with Gasteiger partial charge in [-0.15, -0.1) is 0 Å². The van der Waals surface area contributed by atoms with E-state index in [0.29, 0.717) is 34.7 Å². The molecule has 2 amide bonds. The van der Waals surface area contributed by atoms with E-state index in [-0.39, 0.29) is 11.5 Å². The van der Waals surface area contributed by atoms with Gasteiger partial charge in [0.2, 0.25) is 0 Å². The number of hydrogen-bond donors (Lipinski definition) is 2. The summed E-state index contributed by atoms with van der Waals surface area (Å²) in [6.45, 7) is 2.51. The molecule has 7 nitrogen and oxygen atoms in total. The summed E-state index contributed by atoms with van der Waals surface area (Å²) in [6.07, 6.45) is 4.82. The van der Waals surface area contributed by atoms with E-state index in [1.165, 1.54) is 6.08 Å². The Hall–Kier alpha value is -5.43. The summed E-state index contributed by atoms with van der Waals surface area (Å²) in [4.78, 5) is 38.7. The summed E-state index contributed by atoms with van der Waals surface area (Å²) in [6, 6.07) is 29.7. The molecule has 206 valence electrons. The number of amides is 2. The fourth-order valence-electron chi connectivity index (χ4n) is 3.84. The first-order valence-electron chi connectivity index (χ1n) is 13.0. The molecule has 7 heteroatoms. The number of ether oxygens (including phenoxy) is 2. The third kappa shape index (κ3) is 8.28. The highest BCUT2D eigenvalue weighted by molar-refractivity contribution is 6.11. The van der Waals surface area contributed by atoms with Crippen LogP contribution in [0.1, 0.15) is 38.8 Å². The second-order valence-electron chi connectivity index (χ2n) is 8.88. The lowest BCUT2D eigenvalue weighted by molar-refractivity contribution is -0.113. The first-order chi connectivity index (χ1) is 19.9. The summed E-state index contributed by atoms with van der Waals surface area (Å²) >= 11 is 0. The van der Waals surface area contributed by atoms with Crippen molar-refractivity contribution in [2.24, 2.45) is 0 Å². The Morgan fingerprint density at radius 1 is 0.732 bits per heavy atom. The van der Waals surface area contributed by atoms with Crippen molar-refractivity contribution in [2.45, 2.75) is 6.92 Å². The smallest absolute Gasteiger partial charge is 0.272 e. The van der Waals surface area contributed by atoms with Gasteiger partial charge in [-0.3, -0.25) is 14.4 Å². The molecule has 0 aliphatic carbocycles. The molecule has 0 saturated heterocycles. The number of allylic oxidation sites excluding steroid dienone is 1. The van der Waals surface area contributed by atoms with Crippen LogP contribution < -0.4 is 20.1 Å². The third-order valence-electron chi connectivity index (χ3n) is 6.00. The second-order valence-corrected chi connectivity index (χ2v) is 8.88. The number of hydrogen-bond acceptors (Lipinski definition) is 5. The first-order valence-corrected chi connectivity index (χ1v) is 13.0. The molecule has 4 rings (SSSR count). The van der Waals surface area contributed by atoms with Crippen molar-refractivity contribution in [3.05, 3.63) is 137 Å². The van der Waals surface area contributed by atoms with E-state index in [0.717, 1.165) is 11.3 Å². The van der Waals surface area contributed by atoms with Crippen molar-refractivity contribution < 1.29 is 23.9 Å². The molecule has 4 aromatic rings. The van der Waals surface area contributed by atoms with Crippen LogP contribution in [0.5, 0.6) is 11.5 Å². The maximum Gasteiger partial charge on any atom is 0.272 e. The molecule has 0 saturated carbocycles. The van der Waals surface area contributed by atoms with Crippen LogP contribution in [0.25, 0.3) is 12.2 Å². The molecule has 0 fully saturated rings. The molecule has 0 spiro atoms. The molecule has 0 atom stereocenters. The maximum atomic E-state index is 13.2. The molecular weight excluding hydrogens is 516 g/mol. The van der Waals surface area contributed by atoms with Gasteiger partial charge in [0, 0.05) is 16.8 Å². The van der Waals surface area contributed by atoms with Crippen molar-refractivity contribution in [1.29, 1.82) is 0 Å². The summed E-state index contributed by atoms with van der Waals surface area (Å²) in [5.74, 6) is 0.341. The topological polar surface area (TPSA) is 93.7 Å². The van der Waals surface area contributed by atoms with Gasteiger partial charge < -0.3 is 20.1 Å². The lowest BCUT2D eigenvalue weighted by Gasteiger charge is -2.12. The van der Waals surface area contributed by atoms with Crippen molar-refractivity contribution >= 4 is 35.4 Å². The zero-order chi connectivity index (χ0) is 29.0. The molecule has 0 aliphatic rings. The summed E-state index contributed by atoms with van der Waals surface area (Å²) < 4.78 is 10.6. The molecule has 0 aliphatic heterocycles. The van der Waals surface area contributed by atoms with Crippen LogP contribution in [-0.2, 0) is 4.79 Å². The standard InChI is InChI=1S/C34H30N2O5/c1-3-41-30-20-9-24(10-21-30)13-22-32(37)26-14-16-28(17-15-26)35-34(39)31(23-25-11-18-29(40-2)19-12-25)36-33(38)27-7-5-4-6-8-27/h4-23H,3H2,1-2H3,(H,35,39)(H,36,38)/b22-13+,31-23-. The van der Waals surface area contributed by atoms with E-state index in [4.69, 9.17) is 9.47 Å². The van der Waals surface area contributed by atoms with E-state index in [2.05, 4.69) is 10.6 Å². The number of methoxy groups -OCH3 is 1. The fraction of sp³-hybridized carbons (Fsp3) is 0.0882. The van der Waals surface area contributed by atoms with Crippen LogP contribution in [0.4, 0.5) is 5.69 Å². The van der Waals surface area contributed by atoms with E-state index >= 15 is 0 Å². The first kappa shape index (κ1) is 28.6. The lowest BCUT2D eigenvalue weighted by Crippen LogP contribution is -2.30. The van der Waals surface area contributed by atoms with Crippen molar-refractivity contribution in [1.82, 2.24) is 5.32 Å². The van der Waals surface area contributed by atoms with Crippen LogP contribution in [0.3, 0.4) is 0 Å². The Balaban J connectivity index is 1.46. The number of carbonyl (C=O) groups is 3. The molecule has 0 bridgehead atoms. The fourth-order valence-corrected chi connectivity index (χ4v) is 3.84. The molecule has 0 aromatic heterocycles. The highest BCUT2D eigenvalue weighted by Crippen LogP contribution is 2.17. The minimum atomic E-state index is -0.514. The van der Waals surface area contributed by atoms with Crippen molar-refractivity contribution in [3.63, 3.8) is 0 Å². The Morgan fingerprint density at radius 2 is 1.37 bits per heavy atom. The van der Waals surface area contributed by atoms with Crippen LogP contribution in [0.15, 0.2) is 115 Å². The second kappa shape index (κ2) is 14.1. The van der Waals surface area contributed by atoms with Gasteiger partial charge in [-0.25, -0.2) is 0 Å². The Kier molecular flexibility index (Phi) is 9.82. The number of carbonyl (C=O) groups excluding carboxylic acids is 3. The molecule has 4 aromatic carbocycles. The predicted octanol–water partition coefficient (Wildman–Crippen LogP) is 6.40. The normalized spacial score (nSPS) is 11.1. The van der Waals surface area contributed by atoms with Gasteiger partial charge in [0.25, 0.3) is 11.8 Å². The monoisotopic (exact) mass is 546 g/mol. The van der Waals surface area contributed by atoms with Gasteiger partial charge in [-0.2, -0.15) is 0 Å². The van der Waals surface area contributed by atoms with Gasteiger partial charge in [0.15, 0.2) is 5.78 Å². The van der Waals surface area contributed by atoms with Crippen molar-refractivity contribution in [2.75, 3.05) is 19.0 Å². The van der Waals surface area contributed by atoms with Gasteiger partial charge >= 0.3 is 0 Å². The Morgan fingerprint density at radius 3 is 2.00 bits per heavy atom. The van der Waals surface area contributed by atoms with Crippen LogP contribution in [0, 0.1) is 0 Å². The number of nitrogens with one attached hydrogen (secondary N) is 2. The van der Waals surface area contributed by atoms with E-state index in [9.17, 15) is 14.4 Å². The average Bonchev–Trinajstić information content (AvgIpc) is 3.01. The number of benzene rings is 4. The van der Waals surface area contributed by atoms with Crippen LogP contribution in [-0.4, -0.2) is 31.3 Å². The van der Waals surface area contributed by atoms with Gasteiger partial charge in [-0.05, 0) is 90.9 Å². The SMILES string of the molecule is CCOc1ccc(/C=C/C(=O)c2ccc(NC(=O)/C(=C/c3ccc(OC)cc3)NC(=O)c3ccccc3)cc2)cc1. The minimum absolute atomic E-state index is 0.0578. The highest BCUT2D eigenvalue weighted by Gasteiger charge is 2.15. The molecule has 2 N–H and O–H groups in total. The molecule has 0 radical (unpaired) electrons. The summed E-state index contributed by atoms with van der Waals surface area (Å²) in [7, 11) is 1.57. The van der Waals surface area contributed by atoms with Crippen molar-refractivity contribution in [3.8, 4) is 11.5 Å². The molecule has 0 unspecified atom stereocenters. The van der Waals surface area contributed by atoms with E-state index in [1.54, 1.807) is 92.1 Å². The third-order valence-corrected chi connectivity index (χ3v) is 6.00. The van der Waals surface area contributed by atoms with E-state index in [1.807, 2.05) is 37.3 Å². The van der Waals surface area contributed by atoms with Gasteiger partial charge in [0.1, 0.15) is 17.2 Å². The Labute approximate surface area is 239 Å². The summed E-state index contributed by atoms with van der Waals surface area (Å²) in [5.41, 5.74) is 2.99. The molecule has 41 heavy (non-hydrogen) atoms.